The van der Waals surface area contributed by atoms with Crippen molar-refractivity contribution in [3.8, 4) is 5.75 Å². The van der Waals surface area contributed by atoms with Gasteiger partial charge in [-0.05, 0) is 24.1 Å². The van der Waals surface area contributed by atoms with Crippen molar-refractivity contribution in [1.29, 1.82) is 0 Å². The van der Waals surface area contributed by atoms with Crippen LogP contribution in [0.5, 0.6) is 5.75 Å². The van der Waals surface area contributed by atoms with Gasteiger partial charge in [-0.1, -0.05) is 17.2 Å². The number of nitrogens with one attached hydrogen (secondary N) is 1. The summed E-state index contributed by atoms with van der Waals surface area (Å²) in [6, 6.07) is 8.34. The summed E-state index contributed by atoms with van der Waals surface area (Å²) in [4.78, 5) is 0. The fourth-order valence-corrected chi connectivity index (χ4v) is 1.51. The molecule has 1 aromatic carbocycles. The summed E-state index contributed by atoms with van der Waals surface area (Å²) in [5.74, 6) is 1.29. The predicted octanol–water partition coefficient (Wildman–Crippen LogP) is 1.19. The lowest BCUT2D eigenvalue weighted by Crippen LogP contribution is -2.05. The number of rotatable bonds is 6. The van der Waals surface area contributed by atoms with E-state index in [4.69, 9.17) is 14.9 Å². The van der Waals surface area contributed by atoms with Gasteiger partial charge in [0.1, 0.15) is 5.75 Å². The maximum absolute atomic E-state index is 5.37. The lowest BCUT2D eigenvalue weighted by atomic mass is 10.1. The van der Waals surface area contributed by atoms with Crippen LogP contribution in [0.15, 0.2) is 28.7 Å². The molecule has 1 heterocycles. The first-order valence-corrected chi connectivity index (χ1v) is 5.71. The van der Waals surface area contributed by atoms with Crippen molar-refractivity contribution in [2.24, 2.45) is 5.73 Å². The van der Waals surface area contributed by atoms with Gasteiger partial charge in [-0.15, -0.1) is 5.10 Å². The zero-order valence-corrected chi connectivity index (χ0v) is 10.2. The Bertz CT molecular complexity index is 481. The Balaban J connectivity index is 1.80. The molecule has 1 aromatic heterocycles. The monoisotopic (exact) mass is 248 g/mol. The van der Waals surface area contributed by atoms with E-state index >= 15 is 0 Å². The summed E-state index contributed by atoms with van der Waals surface area (Å²) in [7, 11) is 1.65. The van der Waals surface area contributed by atoms with E-state index in [2.05, 4.69) is 15.5 Å². The molecule has 18 heavy (non-hydrogen) atoms. The van der Waals surface area contributed by atoms with E-state index in [1.54, 1.807) is 7.11 Å². The third kappa shape index (κ3) is 3.21. The van der Waals surface area contributed by atoms with Gasteiger partial charge < -0.3 is 20.2 Å². The molecule has 2 rings (SSSR count). The molecule has 0 aliphatic heterocycles. The van der Waals surface area contributed by atoms with E-state index in [0.29, 0.717) is 11.9 Å². The van der Waals surface area contributed by atoms with Crippen LogP contribution in [0.2, 0.25) is 0 Å². The number of nitrogens with zero attached hydrogens (tertiary/aromatic N) is 2. The van der Waals surface area contributed by atoms with Gasteiger partial charge in [0.15, 0.2) is 0 Å². The molecular formula is C12H16N4O2. The van der Waals surface area contributed by atoms with Crippen molar-refractivity contribution < 1.29 is 9.15 Å². The fourth-order valence-electron chi connectivity index (χ4n) is 1.51. The number of anilines is 1. The van der Waals surface area contributed by atoms with Crippen molar-refractivity contribution in [3.05, 3.63) is 35.7 Å². The standard InChI is InChI=1S/C12H16N4O2/c1-17-10-4-2-9(3-5-10)6-7-14-12-16-15-11(8-13)18-12/h2-5H,6-8,13H2,1H3,(H,14,16). The van der Waals surface area contributed by atoms with Gasteiger partial charge in [-0.3, -0.25) is 0 Å². The van der Waals surface area contributed by atoms with Crippen LogP contribution in [-0.2, 0) is 13.0 Å². The van der Waals surface area contributed by atoms with Crippen LogP contribution in [0.1, 0.15) is 11.5 Å². The molecule has 0 aliphatic rings. The fraction of sp³-hybridized carbons (Fsp3) is 0.333. The van der Waals surface area contributed by atoms with Gasteiger partial charge in [-0.25, -0.2) is 0 Å². The van der Waals surface area contributed by atoms with Gasteiger partial charge in [0.2, 0.25) is 5.89 Å². The van der Waals surface area contributed by atoms with E-state index < -0.39 is 0 Å². The second-order valence-corrected chi connectivity index (χ2v) is 3.73. The van der Waals surface area contributed by atoms with Crippen molar-refractivity contribution in [2.45, 2.75) is 13.0 Å². The Hall–Kier alpha value is -2.08. The molecule has 3 N–H and O–H groups in total. The quantitative estimate of drug-likeness (QED) is 0.798. The molecule has 0 radical (unpaired) electrons. The third-order valence-corrected chi connectivity index (χ3v) is 2.49. The lowest BCUT2D eigenvalue weighted by Gasteiger charge is -2.03. The first-order chi connectivity index (χ1) is 8.81. The van der Waals surface area contributed by atoms with Crippen LogP contribution in [0.25, 0.3) is 0 Å². The molecule has 0 spiro atoms. The van der Waals surface area contributed by atoms with Gasteiger partial charge in [-0.2, -0.15) is 0 Å². The summed E-state index contributed by atoms with van der Waals surface area (Å²) in [5, 5.41) is 10.6. The number of methoxy groups -OCH3 is 1. The molecule has 0 amide bonds. The zero-order valence-electron chi connectivity index (χ0n) is 10.2. The minimum Gasteiger partial charge on any atom is -0.497 e. The highest BCUT2D eigenvalue weighted by Gasteiger charge is 2.02. The Kier molecular flexibility index (Phi) is 4.14. The molecule has 0 fully saturated rings. The summed E-state index contributed by atoms with van der Waals surface area (Å²) < 4.78 is 10.3. The van der Waals surface area contributed by atoms with Crippen LogP contribution in [-0.4, -0.2) is 23.9 Å². The highest BCUT2D eigenvalue weighted by molar-refractivity contribution is 5.28. The van der Waals surface area contributed by atoms with Crippen LogP contribution in [0, 0.1) is 0 Å². The van der Waals surface area contributed by atoms with E-state index in [1.807, 2.05) is 24.3 Å². The third-order valence-electron chi connectivity index (χ3n) is 2.49. The normalized spacial score (nSPS) is 10.3. The minimum atomic E-state index is 0.257. The smallest absolute Gasteiger partial charge is 0.315 e. The minimum absolute atomic E-state index is 0.257. The first-order valence-electron chi connectivity index (χ1n) is 5.71. The van der Waals surface area contributed by atoms with Crippen LogP contribution in [0.4, 0.5) is 6.01 Å². The van der Waals surface area contributed by atoms with E-state index in [-0.39, 0.29) is 6.54 Å². The zero-order chi connectivity index (χ0) is 12.8. The maximum Gasteiger partial charge on any atom is 0.315 e. The van der Waals surface area contributed by atoms with Gasteiger partial charge in [0, 0.05) is 6.54 Å². The topological polar surface area (TPSA) is 86.2 Å². The average Bonchev–Trinajstić information content (AvgIpc) is 2.87. The highest BCUT2D eigenvalue weighted by atomic mass is 16.5. The second-order valence-electron chi connectivity index (χ2n) is 3.73. The van der Waals surface area contributed by atoms with Gasteiger partial charge >= 0.3 is 6.01 Å². The van der Waals surface area contributed by atoms with E-state index in [9.17, 15) is 0 Å². The second kappa shape index (κ2) is 6.02. The van der Waals surface area contributed by atoms with Gasteiger partial charge in [0.05, 0.1) is 13.7 Å². The molecule has 6 nitrogen and oxygen atoms in total. The molecule has 0 saturated heterocycles. The lowest BCUT2D eigenvalue weighted by molar-refractivity contribution is 0.414. The van der Waals surface area contributed by atoms with E-state index in [1.165, 1.54) is 5.56 Å². The first kappa shape index (κ1) is 12.4. The SMILES string of the molecule is COc1ccc(CCNc2nnc(CN)o2)cc1. The summed E-state index contributed by atoms with van der Waals surface area (Å²) >= 11 is 0. The molecule has 0 saturated carbocycles. The Morgan fingerprint density at radius 2 is 2.06 bits per heavy atom. The predicted molar refractivity (Wildman–Crippen MR) is 67.4 cm³/mol. The van der Waals surface area contributed by atoms with Gasteiger partial charge in [0.25, 0.3) is 0 Å². The van der Waals surface area contributed by atoms with Crippen molar-refractivity contribution in [3.63, 3.8) is 0 Å². The number of aromatic nitrogens is 2. The molecule has 0 unspecified atom stereocenters. The average molecular weight is 248 g/mol. The highest BCUT2D eigenvalue weighted by Crippen LogP contribution is 2.12. The van der Waals surface area contributed by atoms with Crippen LogP contribution >= 0.6 is 0 Å². The largest absolute Gasteiger partial charge is 0.497 e. The molecule has 0 aliphatic carbocycles. The van der Waals surface area contributed by atoms with E-state index in [0.717, 1.165) is 18.7 Å². The van der Waals surface area contributed by atoms with Crippen LogP contribution < -0.4 is 15.8 Å². The Labute approximate surface area is 105 Å². The number of hydrogen-bond acceptors (Lipinski definition) is 6. The van der Waals surface area contributed by atoms with Crippen molar-refractivity contribution in [1.82, 2.24) is 10.2 Å². The summed E-state index contributed by atoms with van der Waals surface area (Å²) in [6.07, 6.45) is 0.865. The van der Waals surface area contributed by atoms with Crippen LogP contribution in [0.3, 0.4) is 0 Å². The summed E-state index contributed by atoms with van der Waals surface area (Å²) in [5.41, 5.74) is 6.58. The number of nitrogens with two attached hydrogens (primary N) is 1. The number of ether oxygens (including phenoxy) is 1. The Morgan fingerprint density at radius 3 is 2.67 bits per heavy atom. The molecule has 6 heteroatoms. The van der Waals surface area contributed by atoms with Crippen molar-refractivity contribution >= 4 is 6.01 Å². The molecule has 2 aromatic rings. The molecule has 96 valence electrons. The molecular weight excluding hydrogens is 232 g/mol. The maximum atomic E-state index is 5.37. The van der Waals surface area contributed by atoms with Crippen molar-refractivity contribution in [2.75, 3.05) is 19.0 Å². The molecule has 0 atom stereocenters. The summed E-state index contributed by atoms with van der Waals surface area (Å²) in [6.45, 7) is 0.978. The Morgan fingerprint density at radius 1 is 1.28 bits per heavy atom. The number of benzene rings is 1. The molecule has 0 bridgehead atoms. The number of hydrogen-bond donors (Lipinski definition) is 2.